The predicted octanol–water partition coefficient (Wildman–Crippen LogP) is 1.79. The van der Waals surface area contributed by atoms with Gasteiger partial charge in [-0.05, 0) is 36.6 Å². The minimum atomic E-state index is -0.501. The summed E-state index contributed by atoms with van der Waals surface area (Å²) in [5.74, 6) is 1.26. The van der Waals surface area contributed by atoms with Crippen LogP contribution in [-0.4, -0.2) is 36.0 Å². The SMILES string of the molecule is CCc1cc(CC)n(-c2nc3c(c(=O)[nH]c(=O)n3C)n2Cc2ccc(OC)cc2)n1. The van der Waals surface area contributed by atoms with Crippen LogP contribution in [0.1, 0.15) is 30.8 Å². The van der Waals surface area contributed by atoms with E-state index in [-0.39, 0.29) is 0 Å². The molecule has 3 aromatic heterocycles. The van der Waals surface area contributed by atoms with Gasteiger partial charge < -0.3 is 4.74 Å². The number of aromatic amines is 1. The molecule has 1 N–H and O–H groups in total. The fraction of sp³-hybridized carbons (Fsp3) is 0.333. The summed E-state index contributed by atoms with van der Waals surface area (Å²) >= 11 is 0. The van der Waals surface area contributed by atoms with E-state index >= 15 is 0 Å². The highest BCUT2D eigenvalue weighted by Gasteiger charge is 2.21. The Kier molecular flexibility index (Phi) is 5.03. The van der Waals surface area contributed by atoms with Crippen LogP contribution in [0.3, 0.4) is 0 Å². The van der Waals surface area contributed by atoms with Gasteiger partial charge in [0.05, 0.1) is 19.3 Å². The van der Waals surface area contributed by atoms with Crippen LogP contribution in [0.5, 0.6) is 5.75 Å². The molecule has 0 saturated heterocycles. The predicted molar refractivity (Wildman–Crippen MR) is 114 cm³/mol. The number of hydrogen-bond acceptors (Lipinski definition) is 5. The van der Waals surface area contributed by atoms with Gasteiger partial charge in [-0.15, -0.1) is 0 Å². The number of fused-ring (bicyclic) bond motifs is 1. The van der Waals surface area contributed by atoms with E-state index in [9.17, 15) is 9.59 Å². The summed E-state index contributed by atoms with van der Waals surface area (Å²) in [5, 5.41) is 4.69. The van der Waals surface area contributed by atoms with E-state index < -0.39 is 11.2 Å². The standard InChI is InChI=1S/C21H24N6O3/c1-5-14-11-15(6-2)27(24-14)20-22-18-17(19(28)23-21(29)25(18)3)26(20)12-13-7-9-16(30-4)10-8-13/h7-11H,5-6,12H2,1-4H3,(H,23,28,29). The Labute approximate surface area is 172 Å². The first-order chi connectivity index (χ1) is 14.5. The van der Waals surface area contributed by atoms with E-state index in [1.807, 2.05) is 44.2 Å². The maximum absolute atomic E-state index is 12.7. The lowest BCUT2D eigenvalue weighted by Crippen LogP contribution is -2.29. The van der Waals surface area contributed by atoms with E-state index in [2.05, 4.69) is 9.97 Å². The number of nitrogens with zero attached hydrogens (tertiary/aromatic N) is 5. The summed E-state index contributed by atoms with van der Waals surface area (Å²) < 4.78 is 10.2. The number of hydrogen-bond donors (Lipinski definition) is 1. The Morgan fingerprint density at radius 1 is 1.10 bits per heavy atom. The molecule has 1 aromatic carbocycles. The monoisotopic (exact) mass is 408 g/mol. The summed E-state index contributed by atoms with van der Waals surface area (Å²) in [5.41, 5.74) is 2.57. The second kappa shape index (κ2) is 7.66. The quantitative estimate of drug-likeness (QED) is 0.524. The summed E-state index contributed by atoms with van der Waals surface area (Å²) in [6.07, 6.45) is 1.55. The highest BCUT2D eigenvalue weighted by molar-refractivity contribution is 5.72. The Balaban J connectivity index is 1.99. The van der Waals surface area contributed by atoms with Gasteiger partial charge >= 0.3 is 5.69 Å². The molecule has 0 fully saturated rings. The van der Waals surface area contributed by atoms with Crippen molar-refractivity contribution >= 4 is 11.2 Å². The molecule has 0 aliphatic carbocycles. The van der Waals surface area contributed by atoms with Crippen molar-refractivity contribution in [3.05, 3.63) is 68.1 Å². The highest BCUT2D eigenvalue weighted by atomic mass is 16.5. The van der Waals surface area contributed by atoms with Crippen molar-refractivity contribution in [3.63, 3.8) is 0 Å². The Morgan fingerprint density at radius 2 is 1.83 bits per heavy atom. The van der Waals surface area contributed by atoms with Crippen LogP contribution >= 0.6 is 0 Å². The molecule has 9 nitrogen and oxygen atoms in total. The van der Waals surface area contributed by atoms with Crippen LogP contribution in [-0.2, 0) is 26.4 Å². The van der Waals surface area contributed by atoms with Crippen molar-refractivity contribution in [1.82, 2.24) is 28.9 Å². The first-order valence-corrected chi connectivity index (χ1v) is 9.87. The second-order valence-corrected chi connectivity index (χ2v) is 7.08. The topological polar surface area (TPSA) is 99.7 Å². The number of aryl methyl sites for hydroxylation is 3. The van der Waals surface area contributed by atoms with Gasteiger partial charge in [-0.25, -0.2) is 9.48 Å². The normalized spacial score (nSPS) is 11.3. The molecule has 4 rings (SSSR count). The number of rotatable bonds is 6. The van der Waals surface area contributed by atoms with Crippen LogP contribution in [0.15, 0.2) is 39.9 Å². The van der Waals surface area contributed by atoms with Crippen molar-refractivity contribution in [2.45, 2.75) is 33.2 Å². The van der Waals surface area contributed by atoms with Gasteiger partial charge in [0.25, 0.3) is 5.56 Å². The smallest absolute Gasteiger partial charge is 0.329 e. The van der Waals surface area contributed by atoms with Crippen LogP contribution in [0.25, 0.3) is 17.1 Å². The maximum atomic E-state index is 12.7. The van der Waals surface area contributed by atoms with Gasteiger partial charge in [-0.2, -0.15) is 10.1 Å². The molecule has 30 heavy (non-hydrogen) atoms. The zero-order valence-electron chi connectivity index (χ0n) is 17.5. The second-order valence-electron chi connectivity index (χ2n) is 7.08. The third-order valence-corrected chi connectivity index (χ3v) is 5.23. The summed E-state index contributed by atoms with van der Waals surface area (Å²) in [7, 11) is 3.21. The number of imidazole rings is 1. The minimum Gasteiger partial charge on any atom is -0.497 e. The van der Waals surface area contributed by atoms with E-state index in [1.165, 1.54) is 4.57 Å². The van der Waals surface area contributed by atoms with Gasteiger partial charge in [0, 0.05) is 12.7 Å². The van der Waals surface area contributed by atoms with Crippen molar-refractivity contribution in [3.8, 4) is 11.7 Å². The van der Waals surface area contributed by atoms with Gasteiger partial charge in [0.1, 0.15) is 5.75 Å². The average molecular weight is 408 g/mol. The van der Waals surface area contributed by atoms with Gasteiger partial charge in [0.2, 0.25) is 5.95 Å². The molecule has 0 spiro atoms. The Bertz CT molecular complexity index is 1320. The van der Waals surface area contributed by atoms with Crippen molar-refractivity contribution < 1.29 is 4.74 Å². The van der Waals surface area contributed by atoms with Gasteiger partial charge in [0.15, 0.2) is 11.2 Å². The average Bonchev–Trinajstić information content (AvgIpc) is 3.34. The van der Waals surface area contributed by atoms with E-state index in [1.54, 1.807) is 23.4 Å². The molecule has 3 heterocycles. The van der Waals surface area contributed by atoms with E-state index in [0.717, 1.165) is 35.5 Å². The van der Waals surface area contributed by atoms with Crippen molar-refractivity contribution in [2.75, 3.05) is 7.11 Å². The largest absolute Gasteiger partial charge is 0.497 e. The van der Waals surface area contributed by atoms with Gasteiger partial charge in [-0.1, -0.05) is 26.0 Å². The Hall–Kier alpha value is -3.62. The summed E-state index contributed by atoms with van der Waals surface area (Å²) in [6.45, 7) is 4.48. The number of benzene rings is 1. The molecular formula is C21H24N6O3. The first kappa shape index (κ1) is 19.7. The lowest BCUT2D eigenvalue weighted by atomic mass is 10.2. The number of aromatic nitrogens is 6. The molecule has 0 atom stereocenters. The number of H-pyrrole nitrogens is 1. The minimum absolute atomic E-state index is 0.322. The third kappa shape index (κ3) is 3.22. The van der Waals surface area contributed by atoms with E-state index in [4.69, 9.17) is 9.84 Å². The molecule has 9 heteroatoms. The molecule has 4 aromatic rings. The van der Waals surface area contributed by atoms with Crippen LogP contribution in [0.4, 0.5) is 0 Å². The summed E-state index contributed by atoms with van der Waals surface area (Å²) in [4.78, 5) is 31.9. The molecule has 0 radical (unpaired) electrons. The maximum Gasteiger partial charge on any atom is 0.329 e. The molecule has 0 amide bonds. The zero-order chi connectivity index (χ0) is 21.4. The van der Waals surface area contributed by atoms with Crippen molar-refractivity contribution in [2.24, 2.45) is 7.05 Å². The third-order valence-electron chi connectivity index (χ3n) is 5.23. The molecule has 0 bridgehead atoms. The zero-order valence-corrected chi connectivity index (χ0v) is 17.5. The lowest BCUT2D eigenvalue weighted by Gasteiger charge is -2.11. The summed E-state index contributed by atoms with van der Waals surface area (Å²) in [6, 6.07) is 9.65. The molecule has 0 aliphatic rings. The van der Waals surface area contributed by atoms with Crippen molar-refractivity contribution in [1.29, 1.82) is 0 Å². The fourth-order valence-electron chi connectivity index (χ4n) is 3.52. The number of nitrogens with one attached hydrogen (secondary N) is 1. The van der Waals surface area contributed by atoms with Crippen LogP contribution in [0, 0.1) is 0 Å². The van der Waals surface area contributed by atoms with Crippen LogP contribution < -0.4 is 16.0 Å². The molecule has 0 saturated carbocycles. The fourth-order valence-corrected chi connectivity index (χ4v) is 3.52. The molecular weight excluding hydrogens is 384 g/mol. The van der Waals surface area contributed by atoms with Gasteiger partial charge in [-0.3, -0.25) is 18.9 Å². The first-order valence-electron chi connectivity index (χ1n) is 9.87. The number of methoxy groups -OCH3 is 1. The Morgan fingerprint density at radius 3 is 2.47 bits per heavy atom. The van der Waals surface area contributed by atoms with E-state index in [0.29, 0.717) is 23.7 Å². The lowest BCUT2D eigenvalue weighted by molar-refractivity contribution is 0.414. The molecule has 0 aliphatic heterocycles. The molecule has 156 valence electrons. The number of ether oxygens (including phenoxy) is 1. The highest BCUT2D eigenvalue weighted by Crippen LogP contribution is 2.21. The van der Waals surface area contributed by atoms with Crippen LogP contribution in [0.2, 0.25) is 0 Å². The molecule has 0 unspecified atom stereocenters.